The van der Waals surface area contributed by atoms with E-state index in [1.165, 1.54) is 24.8 Å². The molecule has 5 nitrogen and oxygen atoms in total. The van der Waals surface area contributed by atoms with Crippen molar-refractivity contribution in [3.05, 3.63) is 65.2 Å². The minimum atomic E-state index is -0.796. The van der Waals surface area contributed by atoms with Crippen LogP contribution in [0.4, 0.5) is 0 Å². The van der Waals surface area contributed by atoms with Crippen LogP contribution in [0, 0.1) is 0 Å². The number of carbonyl (C=O) groups is 1. The number of benzene rings is 2. The minimum absolute atomic E-state index is 0.0485. The van der Waals surface area contributed by atoms with Gasteiger partial charge in [0.25, 0.3) is 0 Å². The number of esters is 1. The van der Waals surface area contributed by atoms with Crippen molar-refractivity contribution in [2.45, 2.75) is 38.3 Å². The predicted molar refractivity (Wildman–Crippen MR) is 101 cm³/mol. The van der Waals surface area contributed by atoms with Crippen LogP contribution in [-0.2, 0) is 11.2 Å². The summed E-state index contributed by atoms with van der Waals surface area (Å²) >= 11 is 0. The van der Waals surface area contributed by atoms with E-state index < -0.39 is 12.1 Å². The number of phenols is 1. The largest absolute Gasteiger partial charge is 0.507 e. The fourth-order valence-electron chi connectivity index (χ4n) is 2.72. The Labute approximate surface area is 154 Å². The molecule has 0 aliphatic heterocycles. The van der Waals surface area contributed by atoms with Crippen molar-refractivity contribution < 1.29 is 19.7 Å². The maximum Gasteiger partial charge on any atom is 0.341 e. The topological polar surface area (TPSA) is 78.8 Å². The molecule has 26 heavy (non-hydrogen) atoms. The van der Waals surface area contributed by atoms with Crippen molar-refractivity contribution >= 4 is 5.97 Å². The predicted octanol–water partition coefficient (Wildman–Crippen LogP) is 3.21. The quantitative estimate of drug-likeness (QED) is 0.632. The number of aryl methyl sites for hydroxylation is 1. The molecule has 140 valence electrons. The fraction of sp³-hybridized carbons (Fsp3) is 0.381. The lowest BCUT2D eigenvalue weighted by Crippen LogP contribution is -2.42. The zero-order chi connectivity index (χ0) is 19.2. The SMILES string of the molecule is COC(=O)c1cc(C(O)CNC(C)(C)CCc2ccccc2)ccc1O. The third kappa shape index (κ3) is 5.58. The molecule has 0 amide bonds. The Morgan fingerprint density at radius 2 is 1.88 bits per heavy atom. The molecule has 0 spiro atoms. The number of methoxy groups -OCH3 is 1. The number of nitrogens with one attached hydrogen (secondary N) is 1. The van der Waals surface area contributed by atoms with Crippen LogP contribution in [0.1, 0.15) is 47.9 Å². The number of hydrogen-bond donors (Lipinski definition) is 3. The van der Waals surface area contributed by atoms with Crippen LogP contribution in [0.25, 0.3) is 0 Å². The fourth-order valence-corrected chi connectivity index (χ4v) is 2.72. The molecule has 0 aliphatic rings. The Kier molecular flexibility index (Phi) is 6.77. The van der Waals surface area contributed by atoms with Gasteiger partial charge in [-0.25, -0.2) is 4.79 Å². The molecule has 0 bridgehead atoms. The Morgan fingerprint density at radius 3 is 2.54 bits per heavy atom. The van der Waals surface area contributed by atoms with Crippen molar-refractivity contribution in [1.82, 2.24) is 5.32 Å². The monoisotopic (exact) mass is 357 g/mol. The molecule has 0 fully saturated rings. The summed E-state index contributed by atoms with van der Waals surface area (Å²) in [6.45, 7) is 4.53. The molecule has 1 atom stereocenters. The summed E-state index contributed by atoms with van der Waals surface area (Å²) in [5.41, 5.74) is 1.73. The van der Waals surface area contributed by atoms with E-state index in [-0.39, 0.29) is 16.9 Å². The van der Waals surface area contributed by atoms with E-state index in [0.29, 0.717) is 12.1 Å². The normalized spacial score (nSPS) is 12.6. The highest BCUT2D eigenvalue weighted by Crippen LogP contribution is 2.23. The minimum Gasteiger partial charge on any atom is -0.507 e. The van der Waals surface area contributed by atoms with Crippen molar-refractivity contribution in [3.8, 4) is 5.75 Å². The Morgan fingerprint density at radius 1 is 1.19 bits per heavy atom. The van der Waals surface area contributed by atoms with Gasteiger partial charge in [0.2, 0.25) is 0 Å². The van der Waals surface area contributed by atoms with Crippen LogP contribution in [0.15, 0.2) is 48.5 Å². The smallest absolute Gasteiger partial charge is 0.341 e. The lowest BCUT2D eigenvalue weighted by atomic mass is 9.94. The van der Waals surface area contributed by atoms with E-state index in [4.69, 9.17) is 0 Å². The molecular weight excluding hydrogens is 330 g/mol. The second-order valence-electron chi connectivity index (χ2n) is 7.03. The van der Waals surface area contributed by atoms with Crippen LogP contribution >= 0.6 is 0 Å². The second-order valence-corrected chi connectivity index (χ2v) is 7.03. The van der Waals surface area contributed by atoms with Crippen LogP contribution in [-0.4, -0.2) is 35.4 Å². The van der Waals surface area contributed by atoms with E-state index in [1.807, 2.05) is 18.2 Å². The molecule has 2 aromatic carbocycles. The third-order valence-electron chi connectivity index (χ3n) is 4.47. The molecule has 0 aromatic heterocycles. The number of ether oxygens (including phenoxy) is 1. The molecule has 0 saturated heterocycles. The first kappa shape index (κ1) is 19.9. The van der Waals surface area contributed by atoms with Crippen molar-refractivity contribution in [1.29, 1.82) is 0 Å². The van der Waals surface area contributed by atoms with Gasteiger partial charge < -0.3 is 20.3 Å². The number of aliphatic hydroxyl groups excluding tert-OH is 1. The van der Waals surface area contributed by atoms with Crippen LogP contribution in [0.3, 0.4) is 0 Å². The van der Waals surface area contributed by atoms with E-state index in [2.05, 4.69) is 36.0 Å². The van der Waals surface area contributed by atoms with Crippen molar-refractivity contribution in [3.63, 3.8) is 0 Å². The Hall–Kier alpha value is -2.37. The summed E-state index contributed by atoms with van der Waals surface area (Å²) in [4.78, 5) is 11.7. The molecular formula is C21H27NO4. The van der Waals surface area contributed by atoms with Gasteiger partial charge in [-0.15, -0.1) is 0 Å². The van der Waals surface area contributed by atoms with E-state index >= 15 is 0 Å². The zero-order valence-electron chi connectivity index (χ0n) is 15.5. The van der Waals surface area contributed by atoms with Gasteiger partial charge in [-0.05, 0) is 49.9 Å². The maximum atomic E-state index is 11.7. The molecule has 0 aliphatic carbocycles. The highest BCUT2D eigenvalue weighted by molar-refractivity contribution is 5.92. The number of aromatic hydroxyl groups is 1. The lowest BCUT2D eigenvalue weighted by molar-refractivity contribution is 0.0597. The molecule has 2 aromatic rings. The molecule has 1 unspecified atom stereocenters. The first-order chi connectivity index (χ1) is 12.3. The first-order valence-corrected chi connectivity index (χ1v) is 8.70. The number of β-amino-alcohol motifs (C(OH)–C–C–N with tert-alkyl or cyclic N) is 1. The molecule has 0 heterocycles. The van der Waals surface area contributed by atoms with Gasteiger partial charge in [0, 0.05) is 12.1 Å². The van der Waals surface area contributed by atoms with Gasteiger partial charge in [-0.2, -0.15) is 0 Å². The summed E-state index contributed by atoms with van der Waals surface area (Å²) in [5, 5.41) is 23.6. The Bertz CT molecular complexity index is 728. The van der Waals surface area contributed by atoms with E-state index in [9.17, 15) is 15.0 Å². The summed E-state index contributed by atoms with van der Waals surface area (Å²) in [6, 6.07) is 14.7. The van der Waals surface area contributed by atoms with Crippen molar-refractivity contribution in [2.24, 2.45) is 0 Å². The molecule has 5 heteroatoms. The van der Waals surface area contributed by atoms with Crippen LogP contribution in [0.2, 0.25) is 0 Å². The van der Waals surface area contributed by atoms with Crippen LogP contribution < -0.4 is 5.32 Å². The van der Waals surface area contributed by atoms with Gasteiger partial charge in [0.15, 0.2) is 0 Å². The molecule has 2 rings (SSSR count). The van der Waals surface area contributed by atoms with Gasteiger partial charge in [-0.3, -0.25) is 0 Å². The summed E-state index contributed by atoms with van der Waals surface area (Å²) in [6.07, 6.45) is 1.07. The highest BCUT2D eigenvalue weighted by atomic mass is 16.5. The first-order valence-electron chi connectivity index (χ1n) is 8.70. The van der Waals surface area contributed by atoms with Gasteiger partial charge in [0.1, 0.15) is 11.3 Å². The Balaban J connectivity index is 1.94. The standard InChI is InChI=1S/C21H27NO4/c1-21(2,12-11-15-7-5-4-6-8-15)22-14-19(24)16-9-10-18(23)17(13-16)20(25)26-3/h4-10,13,19,22-24H,11-12,14H2,1-3H3. The third-order valence-corrected chi connectivity index (χ3v) is 4.47. The van der Waals surface area contributed by atoms with Gasteiger partial charge >= 0.3 is 5.97 Å². The van der Waals surface area contributed by atoms with Gasteiger partial charge in [0.05, 0.1) is 13.2 Å². The lowest BCUT2D eigenvalue weighted by Gasteiger charge is -2.28. The molecule has 0 saturated carbocycles. The van der Waals surface area contributed by atoms with E-state index in [0.717, 1.165) is 12.8 Å². The van der Waals surface area contributed by atoms with Crippen LogP contribution in [0.5, 0.6) is 5.75 Å². The van der Waals surface area contributed by atoms with E-state index in [1.54, 1.807) is 6.07 Å². The number of phenolic OH excluding ortho intramolecular Hbond substituents is 1. The molecule has 0 radical (unpaired) electrons. The number of aliphatic hydroxyl groups is 1. The zero-order valence-corrected chi connectivity index (χ0v) is 15.5. The van der Waals surface area contributed by atoms with Crippen molar-refractivity contribution in [2.75, 3.05) is 13.7 Å². The summed E-state index contributed by atoms with van der Waals surface area (Å²) in [5.74, 6) is -0.795. The number of hydrogen-bond acceptors (Lipinski definition) is 5. The summed E-state index contributed by atoms with van der Waals surface area (Å²) in [7, 11) is 1.25. The second kappa shape index (κ2) is 8.83. The number of carbonyl (C=O) groups excluding carboxylic acids is 1. The maximum absolute atomic E-state index is 11.7. The number of rotatable bonds is 8. The average Bonchev–Trinajstić information content (AvgIpc) is 2.65. The molecule has 3 N–H and O–H groups in total. The highest BCUT2D eigenvalue weighted by Gasteiger charge is 2.20. The average molecular weight is 357 g/mol. The summed E-state index contributed by atoms with van der Waals surface area (Å²) < 4.78 is 4.64. The van der Waals surface area contributed by atoms with Gasteiger partial charge in [-0.1, -0.05) is 36.4 Å².